The van der Waals surface area contributed by atoms with Crippen molar-refractivity contribution in [3.05, 3.63) is 0 Å². The highest BCUT2D eigenvalue weighted by Crippen LogP contribution is 2.24. The Labute approximate surface area is 93.8 Å². The predicted octanol–water partition coefficient (Wildman–Crippen LogP) is 3.22. The van der Waals surface area contributed by atoms with Crippen LogP contribution in [0.2, 0.25) is 0 Å². The van der Waals surface area contributed by atoms with Crippen LogP contribution in [0.1, 0.15) is 58.3 Å². The molecule has 15 heavy (non-hydrogen) atoms. The van der Waals surface area contributed by atoms with Gasteiger partial charge in [0, 0.05) is 25.6 Å². The summed E-state index contributed by atoms with van der Waals surface area (Å²) in [5.74, 6) is 1.43. The molecule has 0 amide bonds. The van der Waals surface area contributed by atoms with Crippen LogP contribution in [0.15, 0.2) is 4.99 Å². The average Bonchev–Trinajstić information content (AvgIpc) is 2.49. The maximum atomic E-state index is 4.71. The number of aliphatic imine (C=N–C) groups is 1. The molecular weight excluding hydrogens is 184 g/mol. The zero-order valence-electron chi connectivity index (χ0n) is 10.0. The largest absolute Gasteiger partial charge is 0.357 e. The first-order valence-electron chi connectivity index (χ1n) is 6.72. The molecule has 1 unspecified atom stereocenters. The maximum absolute atomic E-state index is 4.71. The highest BCUT2D eigenvalue weighted by atomic mass is 15.2. The molecule has 2 heterocycles. The van der Waals surface area contributed by atoms with Gasteiger partial charge in [0.2, 0.25) is 0 Å². The van der Waals surface area contributed by atoms with Crippen molar-refractivity contribution < 1.29 is 0 Å². The number of fused-ring (bicyclic) bond motifs is 1. The molecule has 0 radical (unpaired) electrons. The topological polar surface area (TPSA) is 15.6 Å². The third-order valence-electron chi connectivity index (χ3n) is 3.70. The van der Waals surface area contributed by atoms with Gasteiger partial charge in [0.25, 0.3) is 0 Å². The molecule has 1 fully saturated rings. The molecule has 2 heteroatoms. The van der Waals surface area contributed by atoms with E-state index < -0.39 is 0 Å². The van der Waals surface area contributed by atoms with Crippen LogP contribution in [0.25, 0.3) is 0 Å². The summed E-state index contributed by atoms with van der Waals surface area (Å²) < 4.78 is 0. The molecule has 0 bridgehead atoms. The van der Waals surface area contributed by atoms with E-state index in [0.717, 1.165) is 12.6 Å². The lowest BCUT2D eigenvalue weighted by Crippen LogP contribution is -2.42. The zero-order chi connectivity index (χ0) is 10.5. The molecule has 0 N–H and O–H groups in total. The van der Waals surface area contributed by atoms with Crippen LogP contribution in [0, 0.1) is 0 Å². The van der Waals surface area contributed by atoms with Gasteiger partial charge in [-0.15, -0.1) is 0 Å². The number of nitrogens with zero attached hydrogens (tertiary/aromatic N) is 2. The summed E-state index contributed by atoms with van der Waals surface area (Å²) in [7, 11) is 0. The lowest BCUT2D eigenvalue weighted by atomic mass is 10.0. The first kappa shape index (κ1) is 11.0. The Balaban J connectivity index is 2.01. The van der Waals surface area contributed by atoms with Gasteiger partial charge < -0.3 is 4.90 Å². The molecule has 1 atom stereocenters. The number of amidine groups is 1. The van der Waals surface area contributed by atoms with Gasteiger partial charge in [0.1, 0.15) is 0 Å². The maximum Gasteiger partial charge on any atom is 0.0991 e. The van der Waals surface area contributed by atoms with Crippen LogP contribution in [-0.4, -0.2) is 29.9 Å². The van der Waals surface area contributed by atoms with E-state index in [1.54, 1.807) is 0 Å². The smallest absolute Gasteiger partial charge is 0.0991 e. The number of rotatable bonds is 3. The fourth-order valence-electron chi connectivity index (χ4n) is 2.84. The highest BCUT2D eigenvalue weighted by molar-refractivity contribution is 5.83. The second-order valence-corrected chi connectivity index (χ2v) is 4.89. The lowest BCUT2D eigenvalue weighted by molar-refractivity contribution is 0.267. The van der Waals surface area contributed by atoms with E-state index >= 15 is 0 Å². The molecule has 0 aromatic carbocycles. The van der Waals surface area contributed by atoms with Gasteiger partial charge >= 0.3 is 0 Å². The van der Waals surface area contributed by atoms with Crippen molar-refractivity contribution in [2.75, 3.05) is 13.1 Å². The minimum absolute atomic E-state index is 0.812. The quantitative estimate of drug-likeness (QED) is 0.695. The van der Waals surface area contributed by atoms with Gasteiger partial charge in [0.15, 0.2) is 0 Å². The summed E-state index contributed by atoms with van der Waals surface area (Å²) >= 11 is 0. The van der Waals surface area contributed by atoms with Crippen molar-refractivity contribution in [1.82, 2.24) is 4.90 Å². The summed E-state index contributed by atoms with van der Waals surface area (Å²) in [6.07, 6.45) is 10.8. The van der Waals surface area contributed by atoms with Crippen molar-refractivity contribution in [3.63, 3.8) is 0 Å². The third-order valence-corrected chi connectivity index (χ3v) is 3.70. The number of unbranched alkanes of at least 4 members (excludes halogenated alkanes) is 1. The van der Waals surface area contributed by atoms with Gasteiger partial charge in [-0.3, -0.25) is 4.99 Å². The summed E-state index contributed by atoms with van der Waals surface area (Å²) in [5, 5.41) is 0. The number of hydrogen-bond acceptors (Lipinski definition) is 2. The van der Waals surface area contributed by atoms with E-state index in [1.165, 1.54) is 63.7 Å². The molecule has 0 aliphatic carbocycles. The fraction of sp³-hybridized carbons (Fsp3) is 0.923. The van der Waals surface area contributed by atoms with Crippen molar-refractivity contribution in [1.29, 1.82) is 0 Å². The van der Waals surface area contributed by atoms with Gasteiger partial charge in [-0.05, 0) is 25.7 Å². The Morgan fingerprint density at radius 1 is 1.33 bits per heavy atom. The fourth-order valence-corrected chi connectivity index (χ4v) is 2.84. The van der Waals surface area contributed by atoms with E-state index in [2.05, 4.69) is 11.8 Å². The average molecular weight is 208 g/mol. The standard InChI is InChI=1S/C13H24N2/c1-2-3-7-12-8-4-5-9-13-14-10-6-11-15(12)13/h12H,2-11H2,1H3. The van der Waals surface area contributed by atoms with E-state index in [1.807, 2.05) is 0 Å². The van der Waals surface area contributed by atoms with E-state index in [-0.39, 0.29) is 0 Å². The Hall–Kier alpha value is -0.530. The number of hydrogen-bond donors (Lipinski definition) is 0. The molecule has 2 aliphatic rings. The summed E-state index contributed by atoms with van der Waals surface area (Å²) in [6, 6.07) is 0.812. The Morgan fingerprint density at radius 3 is 3.13 bits per heavy atom. The third kappa shape index (κ3) is 2.73. The van der Waals surface area contributed by atoms with Crippen LogP contribution < -0.4 is 0 Å². The summed E-state index contributed by atoms with van der Waals surface area (Å²) in [6.45, 7) is 4.64. The van der Waals surface area contributed by atoms with Crippen LogP contribution in [0.3, 0.4) is 0 Å². The summed E-state index contributed by atoms with van der Waals surface area (Å²) in [5.41, 5.74) is 0. The lowest BCUT2D eigenvalue weighted by Gasteiger charge is -2.35. The van der Waals surface area contributed by atoms with Crippen LogP contribution in [0.5, 0.6) is 0 Å². The van der Waals surface area contributed by atoms with E-state index in [0.29, 0.717) is 0 Å². The minimum Gasteiger partial charge on any atom is -0.357 e. The molecule has 0 spiro atoms. The normalized spacial score (nSPS) is 26.9. The predicted molar refractivity (Wildman–Crippen MR) is 65.4 cm³/mol. The second kappa shape index (κ2) is 5.53. The molecule has 86 valence electrons. The van der Waals surface area contributed by atoms with Gasteiger partial charge in [0.05, 0.1) is 5.84 Å². The van der Waals surface area contributed by atoms with Crippen LogP contribution in [0.4, 0.5) is 0 Å². The second-order valence-electron chi connectivity index (χ2n) is 4.89. The Kier molecular flexibility index (Phi) is 4.04. The molecule has 0 aromatic rings. The molecular formula is C13H24N2. The van der Waals surface area contributed by atoms with E-state index in [9.17, 15) is 0 Å². The molecule has 0 aromatic heterocycles. The molecule has 0 saturated carbocycles. The zero-order valence-corrected chi connectivity index (χ0v) is 10.0. The Morgan fingerprint density at radius 2 is 2.27 bits per heavy atom. The van der Waals surface area contributed by atoms with Crippen molar-refractivity contribution in [2.45, 2.75) is 64.3 Å². The molecule has 2 nitrogen and oxygen atoms in total. The Bertz CT molecular complexity index is 223. The molecule has 2 rings (SSSR count). The van der Waals surface area contributed by atoms with Crippen LogP contribution in [-0.2, 0) is 0 Å². The van der Waals surface area contributed by atoms with E-state index in [4.69, 9.17) is 4.99 Å². The molecule has 1 saturated heterocycles. The SMILES string of the molecule is CCCCC1CCCCC2=NCCCN21. The van der Waals surface area contributed by atoms with Crippen molar-refractivity contribution >= 4 is 5.84 Å². The monoisotopic (exact) mass is 208 g/mol. The van der Waals surface area contributed by atoms with Gasteiger partial charge in [-0.1, -0.05) is 26.2 Å². The van der Waals surface area contributed by atoms with Crippen LogP contribution >= 0.6 is 0 Å². The first-order valence-corrected chi connectivity index (χ1v) is 6.72. The van der Waals surface area contributed by atoms with Crippen molar-refractivity contribution in [3.8, 4) is 0 Å². The highest BCUT2D eigenvalue weighted by Gasteiger charge is 2.25. The first-order chi connectivity index (χ1) is 7.42. The van der Waals surface area contributed by atoms with Crippen molar-refractivity contribution in [2.24, 2.45) is 4.99 Å². The summed E-state index contributed by atoms with van der Waals surface area (Å²) in [4.78, 5) is 7.34. The van der Waals surface area contributed by atoms with Gasteiger partial charge in [-0.25, -0.2) is 0 Å². The molecule has 2 aliphatic heterocycles. The van der Waals surface area contributed by atoms with Gasteiger partial charge in [-0.2, -0.15) is 0 Å². The minimum atomic E-state index is 0.812.